The van der Waals surface area contributed by atoms with Crippen LogP contribution in [0.1, 0.15) is 30.9 Å². The molecule has 1 aromatic heterocycles. The predicted molar refractivity (Wildman–Crippen MR) is 122 cm³/mol. The summed E-state index contributed by atoms with van der Waals surface area (Å²) < 4.78 is 1.10. The van der Waals surface area contributed by atoms with Crippen LogP contribution in [0.4, 0.5) is 5.13 Å². The molecule has 0 spiro atoms. The molecular weight excluding hydrogens is 376 g/mol. The molecule has 146 valence electrons. The molecule has 0 unspecified atom stereocenters. The van der Waals surface area contributed by atoms with Crippen LogP contribution in [-0.2, 0) is 4.79 Å². The molecule has 3 nitrogen and oxygen atoms in total. The van der Waals surface area contributed by atoms with Crippen molar-refractivity contribution in [1.82, 2.24) is 4.98 Å². The summed E-state index contributed by atoms with van der Waals surface area (Å²) in [6, 6.07) is 28.1. The van der Waals surface area contributed by atoms with E-state index in [4.69, 9.17) is 4.98 Å². The molecule has 4 heteroatoms. The van der Waals surface area contributed by atoms with Gasteiger partial charge in [-0.25, -0.2) is 4.98 Å². The summed E-state index contributed by atoms with van der Waals surface area (Å²) in [6.07, 6.45) is 0. The topological polar surface area (TPSA) is 33.2 Å². The maximum atomic E-state index is 13.9. The van der Waals surface area contributed by atoms with E-state index in [1.165, 1.54) is 0 Å². The zero-order valence-electron chi connectivity index (χ0n) is 16.7. The highest BCUT2D eigenvalue weighted by atomic mass is 32.1. The minimum Gasteiger partial charge on any atom is -0.287 e. The van der Waals surface area contributed by atoms with Gasteiger partial charge in [-0.3, -0.25) is 9.69 Å². The summed E-state index contributed by atoms with van der Waals surface area (Å²) in [5.74, 6) is 0.0384. The standard InChI is InChI=1S/C25H24N2OS/c1-18(2)17-27(25-26-21-15-9-10-16-22(21)29-25)24(28)23(19-11-5-3-6-12-19)20-13-7-4-8-14-20/h3-16,18,23H,17H2,1-2H3. The second-order valence-electron chi connectivity index (χ2n) is 7.56. The third-order valence-electron chi connectivity index (χ3n) is 4.84. The van der Waals surface area contributed by atoms with Crippen LogP contribution >= 0.6 is 11.3 Å². The van der Waals surface area contributed by atoms with Gasteiger partial charge >= 0.3 is 0 Å². The van der Waals surface area contributed by atoms with Crippen LogP contribution < -0.4 is 4.90 Å². The van der Waals surface area contributed by atoms with Gasteiger partial charge in [0.25, 0.3) is 0 Å². The summed E-state index contributed by atoms with van der Waals surface area (Å²) in [7, 11) is 0. The number of thiazole rings is 1. The quantitative estimate of drug-likeness (QED) is 0.391. The number of hydrogen-bond donors (Lipinski definition) is 0. The molecule has 0 saturated heterocycles. The molecule has 1 heterocycles. The Hall–Kier alpha value is -2.98. The Morgan fingerprint density at radius 1 is 0.862 bits per heavy atom. The van der Waals surface area contributed by atoms with Crippen molar-refractivity contribution in [3.05, 3.63) is 96.1 Å². The van der Waals surface area contributed by atoms with Gasteiger partial charge in [0, 0.05) is 6.54 Å². The lowest BCUT2D eigenvalue weighted by Crippen LogP contribution is -2.38. The van der Waals surface area contributed by atoms with Crippen LogP contribution in [0.25, 0.3) is 10.2 Å². The molecule has 0 aliphatic carbocycles. The van der Waals surface area contributed by atoms with E-state index in [1.807, 2.05) is 83.8 Å². The Morgan fingerprint density at radius 2 is 1.41 bits per heavy atom. The number of aromatic nitrogens is 1. The van der Waals surface area contributed by atoms with E-state index in [-0.39, 0.29) is 11.8 Å². The van der Waals surface area contributed by atoms with Gasteiger partial charge in [0.05, 0.1) is 16.1 Å². The zero-order chi connectivity index (χ0) is 20.2. The van der Waals surface area contributed by atoms with E-state index in [0.717, 1.165) is 26.5 Å². The van der Waals surface area contributed by atoms with Crippen LogP contribution in [0, 0.1) is 5.92 Å². The third-order valence-corrected chi connectivity index (χ3v) is 5.90. The molecule has 0 saturated carbocycles. The Labute approximate surface area is 175 Å². The Balaban J connectivity index is 1.80. The number of amides is 1. The van der Waals surface area contributed by atoms with Gasteiger partial charge in [0.15, 0.2) is 5.13 Å². The Bertz CT molecular complexity index is 1020. The largest absolute Gasteiger partial charge is 0.287 e. The molecule has 0 N–H and O–H groups in total. The highest BCUT2D eigenvalue weighted by Crippen LogP contribution is 2.33. The summed E-state index contributed by atoms with van der Waals surface area (Å²) in [5.41, 5.74) is 2.93. The third kappa shape index (κ3) is 4.22. The van der Waals surface area contributed by atoms with E-state index >= 15 is 0 Å². The van der Waals surface area contributed by atoms with Crippen LogP contribution in [0.3, 0.4) is 0 Å². The van der Waals surface area contributed by atoms with Crippen LogP contribution in [0.5, 0.6) is 0 Å². The van der Waals surface area contributed by atoms with Gasteiger partial charge in [-0.15, -0.1) is 0 Å². The highest BCUT2D eigenvalue weighted by Gasteiger charge is 2.30. The molecule has 3 aromatic carbocycles. The number of fused-ring (bicyclic) bond motifs is 1. The summed E-state index contributed by atoms with van der Waals surface area (Å²) >= 11 is 1.58. The number of anilines is 1. The molecule has 0 radical (unpaired) electrons. The van der Waals surface area contributed by atoms with Gasteiger partial charge in [-0.2, -0.15) is 0 Å². The number of benzene rings is 3. The van der Waals surface area contributed by atoms with Crippen molar-refractivity contribution in [2.24, 2.45) is 5.92 Å². The molecule has 0 aliphatic rings. The fraction of sp³-hybridized carbons (Fsp3) is 0.200. The lowest BCUT2D eigenvalue weighted by Gasteiger charge is -2.27. The molecule has 0 atom stereocenters. The van der Waals surface area contributed by atoms with Crippen LogP contribution in [0.15, 0.2) is 84.9 Å². The van der Waals surface area contributed by atoms with Crippen molar-refractivity contribution in [2.75, 3.05) is 11.4 Å². The lowest BCUT2D eigenvalue weighted by molar-refractivity contribution is -0.119. The van der Waals surface area contributed by atoms with Crippen molar-refractivity contribution >= 4 is 32.6 Å². The van der Waals surface area contributed by atoms with Crippen molar-refractivity contribution in [2.45, 2.75) is 19.8 Å². The van der Waals surface area contributed by atoms with E-state index in [9.17, 15) is 4.79 Å². The van der Waals surface area contributed by atoms with Crippen molar-refractivity contribution in [1.29, 1.82) is 0 Å². The van der Waals surface area contributed by atoms with Crippen molar-refractivity contribution in [3.8, 4) is 0 Å². The maximum Gasteiger partial charge on any atom is 0.240 e. The SMILES string of the molecule is CC(C)CN(C(=O)C(c1ccccc1)c1ccccc1)c1nc2ccccc2s1. The second-order valence-corrected chi connectivity index (χ2v) is 8.57. The average molecular weight is 401 g/mol. The lowest BCUT2D eigenvalue weighted by atomic mass is 9.90. The van der Waals surface area contributed by atoms with Gasteiger partial charge in [-0.05, 0) is 29.2 Å². The molecule has 0 aliphatic heterocycles. The molecule has 0 bridgehead atoms. The minimum atomic E-state index is -0.358. The normalized spacial score (nSPS) is 11.3. The van der Waals surface area contributed by atoms with Crippen molar-refractivity contribution < 1.29 is 4.79 Å². The van der Waals surface area contributed by atoms with Gasteiger partial charge in [0.1, 0.15) is 0 Å². The summed E-state index contributed by atoms with van der Waals surface area (Å²) in [4.78, 5) is 20.6. The fourth-order valence-electron chi connectivity index (χ4n) is 3.53. The molecule has 4 rings (SSSR count). The average Bonchev–Trinajstić information content (AvgIpc) is 3.17. The first-order valence-corrected chi connectivity index (χ1v) is 10.7. The second kappa shape index (κ2) is 8.58. The molecule has 1 amide bonds. The number of carbonyl (C=O) groups is 1. The monoisotopic (exact) mass is 400 g/mol. The molecule has 29 heavy (non-hydrogen) atoms. The number of carbonyl (C=O) groups excluding carboxylic acids is 1. The molecule has 0 fully saturated rings. The first-order valence-electron chi connectivity index (χ1n) is 9.90. The zero-order valence-corrected chi connectivity index (χ0v) is 17.5. The highest BCUT2D eigenvalue weighted by molar-refractivity contribution is 7.22. The number of hydrogen-bond acceptors (Lipinski definition) is 3. The van der Waals surface area contributed by atoms with E-state index in [2.05, 4.69) is 19.9 Å². The first-order chi connectivity index (χ1) is 14.1. The van der Waals surface area contributed by atoms with Crippen molar-refractivity contribution in [3.63, 3.8) is 0 Å². The fourth-order valence-corrected chi connectivity index (χ4v) is 4.51. The maximum absolute atomic E-state index is 13.9. The smallest absolute Gasteiger partial charge is 0.240 e. The summed E-state index contributed by atoms with van der Waals surface area (Å²) in [6.45, 7) is 4.90. The van der Waals surface area contributed by atoms with Crippen LogP contribution in [-0.4, -0.2) is 17.4 Å². The Morgan fingerprint density at radius 3 is 1.97 bits per heavy atom. The number of para-hydroxylation sites is 1. The molecular formula is C25H24N2OS. The van der Waals surface area contributed by atoms with Gasteiger partial charge in [-0.1, -0.05) is 98.0 Å². The minimum absolute atomic E-state index is 0.0650. The summed E-state index contributed by atoms with van der Waals surface area (Å²) in [5, 5.41) is 0.766. The number of nitrogens with zero attached hydrogens (tertiary/aromatic N) is 2. The van der Waals surface area contributed by atoms with E-state index in [1.54, 1.807) is 11.3 Å². The first kappa shape index (κ1) is 19.3. The molecule has 4 aromatic rings. The van der Waals surface area contributed by atoms with E-state index < -0.39 is 0 Å². The number of rotatable bonds is 6. The van der Waals surface area contributed by atoms with Crippen LogP contribution in [0.2, 0.25) is 0 Å². The van der Waals surface area contributed by atoms with E-state index in [0.29, 0.717) is 12.5 Å². The van der Waals surface area contributed by atoms with Gasteiger partial charge < -0.3 is 0 Å². The Kier molecular flexibility index (Phi) is 5.72. The van der Waals surface area contributed by atoms with Gasteiger partial charge in [0.2, 0.25) is 5.91 Å². The predicted octanol–water partition coefficient (Wildman–Crippen LogP) is 6.12.